The first-order valence-electron chi connectivity index (χ1n) is 10.5. The van der Waals surface area contributed by atoms with Gasteiger partial charge < -0.3 is 0 Å². The highest BCUT2D eigenvalue weighted by Gasteiger charge is 2.45. The standard InChI is InChI=1S/C26H24BrNO3S/c1-3-20-17-23(26(29)19-9-5-4-6-10-19)25(22-11-7-8-12-24(22)27)28(20)32(30,31)21-15-13-18(2)14-16-21/h4-17,20,25H,3H2,1-2H3/t20-,25+/m1/s1. The average Bonchev–Trinajstić information content (AvgIpc) is 3.20. The minimum absolute atomic E-state index is 0.161. The van der Waals surface area contributed by atoms with E-state index in [9.17, 15) is 13.2 Å². The molecule has 3 aromatic rings. The van der Waals surface area contributed by atoms with Crippen LogP contribution in [0.3, 0.4) is 0 Å². The number of ketones is 1. The Hall–Kier alpha value is -2.54. The van der Waals surface area contributed by atoms with Gasteiger partial charge in [0.15, 0.2) is 5.78 Å². The van der Waals surface area contributed by atoms with E-state index >= 15 is 0 Å². The number of aryl methyl sites for hydroxylation is 1. The predicted molar refractivity (Wildman–Crippen MR) is 130 cm³/mol. The fourth-order valence-electron chi connectivity index (χ4n) is 4.10. The summed E-state index contributed by atoms with van der Waals surface area (Å²) in [5, 5.41) is 0. The van der Waals surface area contributed by atoms with Gasteiger partial charge in [0.2, 0.25) is 10.0 Å². The Bertz CT molecular complexity index is 1270. The predicted octanol–water partition coefficient (Wildman–Crippen LogP) is 6.09. The number of rotatable bonds is 6. The zero-order valence-corrected chi connectivity index (χ0v) is 20.3. The van der Waals surface area contributed by atoms with Gasteiger partial charge in [-0.3, -0.25) is 4.79 Å². The van der Waals surface area contributed by atoms with Gasteiger partial charge in [0.1, 0.15) is 0 Å². The number of carbonyl (C=O) groups is 1. The molecule has 0 aromatic heterocycles. The van der Waals surface area contributed by atoms with Crippen LogP contribution in [0.1, 0.15) is 40.9 Å². The summed E-state index contributed by atoms with van der Waals surface area (Å²) in [7, 11) is -3.87. The monoisotopic (exact) mass is 509 g/mol. The maximum absolute atomic E-state index is 13.9. The fraction of sp³-hybridized carbons (Fsp3) is 0.192. The number of halogens is 1. The molecule has 3 aromatic carbocycles. The maximum atomic E-state index is 13.9. The summed E-state index contributed by atoms with van der Waals surface area (Å²) in [6.07, 6.45) is 2.38. The van der Waals surface area contributed by atoms with Crippen LogP contribution in [0.15, 0.2) is 99.9 Å². The van der Waals surface area contributed by atoms with Crippen molar-refractivity contribution in [1.82, 2.24) is 4.31 Å². The molecular formula is C26H24BrNO3S. The Labute approximate surface area is 197 Å². The summed E-state index contributed by atoms with van der Waals surface area (Å²) in [5.41, 5.74) is 2.75. The van der Waals surface area contributed by atoms with Crippen LogP contribution in [-0.2, 0) is 10.0 Å². The van der Waals surface area contributed by atoms with Crippen molar-refractivity contribution in [3.05, 3.63) is 112 Å². The highest BCUT2D eigenvalue weighted by Crippen LogP contribution is 2.44. The molecule has 164 valence electrons. The number of hydrogen-bond acceptors (Lipinski definition) is 3. The van der Waals surface area contributed by atoms with E-state index in [1.165, 1.54) is 4.31 Å². The number of hydrogen-bond donors (Lipinski definition) is 0. The molecule has 0 amide bonds. The molecule has 1 aliphatic rings. The van der Waals surface area contributed by atoms with Crippen molar-refractivity contribution in [2.75, 3.05) is 0 Å². The van der Waals surface area contributed by atoms with E-state index < -0.39 is 22.1 Å². The van der Waals surface area contributed by atoms with E-state index in [1.807, 2.05) is 62.4 Å². The van der Waals surface area contributed by atoms with Gasteiger partial charge in [-0.05, 0) is 37.1 Å². The third kappa shape index (κ3) is 4.10. The maximum Gasteiger partial charge on any atom is 0.244 e. The Morgan fingerprint density at radius 2 is 1.56 bits per heavy atom. The third-order valence-electron chi connectivity index (χ3n) is 5.76. The van der Waals surface area contributed by atoms with Crippen LogP contribution < -0.4 is 0 Å². The van der Waals surface area contributed by atoms with Crippen molar-refractivity contribution < 1.29 is 13.2 Å². The molecule has 0 spiro atoms. The Morgan fingerprint density at radius 3 is 2.19 bits per heavy atom. The van der Waals surface area contributed by atoms with Gasteiger partial charge in [-0.1, -0.05) is 95.2 Å². The second-order valence-electron chi connectivity index (χ2n) is 7.86. The molecule has 32 heavy (non-hydrogen) atoms. The molecule has 0 fully saturated rings. The lowest BCUT2D eigenvalue weighted by molar-refractivity contribution is 0.102. The van der Waals surface area contributed by atoms with Crippen molar-refractivity contribution in [2.45, 2.75) is 37.2 Å². The highest BCUT2D eigenvalue weighted by molar-refractivity contribution is 9.10. The normalized spacial score (nSPS) is 19.0. The van der Waals surface area contributed by atoms with Crippen molar-refractivity contribution in [1.29, 1.82) is 0 Å². The first-order chi connectivity index (χ1) is 15.3. The number of sulfonamides is 1. The lowest BCUT2D eigenvalue weighted by atomic mass is 9.94. The number of benzene rings is 3. The molecule has 0 saturated carbocycles. The second-order valence-corrected chi connectivity index (χ2v) is 10.6. The summed E-state index contributed by atoms with van der Waals surface area (Å²) in [6, 6.07) is 22.2. The zero-order chi connectivity index (χ0) is 22.9. The van der Waals surface area contributed by atoms with Gasteiger partial charge in [-0.2, -0.15) is 4.31 Å². The van der Waals surface area contributed by atoms with Gasteiger partial charge in [0, 0.05) is 21.7 Å². The van der Waals surface area contributed by atoms with E-state index in [-0.39, 0.29) is 10.7 Å². The molecule has 1 heterocycles. The van der Waals surface area contributed by atoms with Crippen LogP contribution in [0.2, 0.25) is 0 Å². The zero-order valence-electron chi connectivity index (χ0n) is 17.9. The molecule has 1 aliphatic heterocycles. The molecular weight excluding hydrogens is 486 g/mol. The number of Topliss-reactive ketones (excluding diaryl/α,β-unsaturated/α-hetero) is 1. The minimum atomic E-state index is -3.87. The summed E-state index contributed by atoms with van der Waals surface area (Å²) in [6.45, 7) is 3.86. The Morgan fingerprint density at radius 1 is 0.938 bits per heavy atom. The Kier molecular flexibility index (Phi) is 6.47. The van der Waals surface area contributed by atoms with Crippen LogP contribution >= 0.6 is 15.9 Å². The first-order valence-corrected chi connectivity index (χ1v) is 12.7. The third-order valence-corrected chi connectivity index (χ3v) is 8.39. The molecule has 4 nitrogen and oxygen atoms in total. The van der Waals surface area contributed by atoms with Crippen LogP contribution in [0.4, 0.5) is 0 Å². The molecule has 0 N–H and O–H groups in total. The van der Waals surface area contributed by atoms with Gasteiger partial charge in [-0.25, -0.2) is 8.42 Å². The van der Waals surface area contributed by atoms with Crippen LogP contribution in [0.25, 0.3) is 0 Å². The van der Waals surface area contributed by atoms with E-state index in [4.69, 9.17) is 0 Å². The van der Waals surface area contributed by atoms with Crippen LogP contribution in [0, 0.1) is 6.92 Å². The van der Waals surface area contributed by atoms with Crippen LogP contribution in [0.5, 0.6) is 0 Å². The molecule has 2 atom stereocenters. The lowest BCUT2D eigenvalue weighted by Gasteiger charge is -2.31. The molecule has 0 aliphatic carbocycles. The van der Waals surface area contributed by atoms with Gasteiger partial charge in [0.25, 0.3) is 0 Å². The molecule has 6 heteroatoms. The van der Waals surface area contributed by atoms with Gasteiger partial charge in [-0.15, -0.1) is 0 Å². The van der Waals surface area contributed by atoms with E-state index in [0.29, 0.717) is 17.6 Å². The van der Waals surface area contributed by atoms with E-state index in [0.717, 1.165) is 15.6 Å². The van der Waals surface area contributed by atoms with Gasteiger partial charge in [0.05, 0.1) is 10.9 Å². The molecule has 0 saturated heterocycles. The quantitative estimate of drug-likeness (QED) is 0.377. The SMILES string of the molecule is CC[C@@H]1C=C(C(=O)c2ccccc2)[C@H](c2ccccc2Br)N1S(=O)(=O)c1ccc(C)cc1. The molecule has 0 bridgehead atoms. The van der Waals surface area contributed by atoms with Crippen molar-refractivity contribution in [3.63, 3.8) is 0 Å². The molecule has 4 rings (SSSR count). The van der Waals surface area contributed by atoms with Crippen LogP contribution in [-0.4, -0.2) is 24.5 Å². The topological polar surface area (TPSA) is 54.5 Å². The Balaban J connectivity index is 1.89. The second kappa shape index (κ2) is 9.14. The first kappa shape index (κ1) is 22.6. The number of nitrogens with zero attached hydrogens (tertiary/aromatic N) is 1. The van der Waals surface area contributed by atoms with Crippen molar-refractivity contribution in [3.8, 4) is 0 Å². The fourth-order valence-corrected chi connectivity index (χ4v) is 6.40. The minimum Gasteiger partial charge on any atom is -0.289 e. The summed E-state index contributed by atoms with van der Waals surface area (Å²) in [5.74, 6) is -0.161. The summed E-state index contributed by atoms with van der Waals surface area (Å²) >= 11 is 3.58. The summed E-state index contributed by atoms with van der Waals surface area (Å²) in [4.78, 5) is 13.8. The average molecular weight is 510 g/mol. The highest BCUT2D eigenvalue weighted by atomic mass is 79.9. The molecule has 0 unspecified atom stereocenters. The van der Waals surface area contributed by atoms with Crippen molar-refractivity contribution >= 4 is 31.7 Å². The molecule has 0 radical (unpaired) electrons. The summed E-state index contributed by atoms with van der Waals surface area (Å²) < 4.78 is 30.0. The largest absolute Gasteiger partial charge is 0.289 e. The van der Waals surface area contributed by atoms with Crippen molar-refractivity contribution in [2.24, 2.45) is 0 Å². The van der Waals surface area contributed by atoms with E-state index in [2.05, 4.69) is 15.9 Å². The van der Waals surface area contributed by atoms with Gasteiger partial charge >= 0.3 is 0 Å². The number of carbonyl (C=O) groups excluding carboxylic acids is 1. The smallest absolute Gasteiger partial charge is 0.244 e. The van der Waals surface area contributed by atoms with E-state index in [1.54, 1.807) is 36.4 Å². The lowest BCUT2D eigenvalue weighted by Crippen LogP contribution is -2.38.